The van der Waals surface area contributed by atoms with Crippen LogP contribution in [0, 0.1) is 0 Å². The molecule has 2 fully saturated rings. The zero-order chi connectivity index (χ0) is 20.7. The summed E-state index contributed by atoms with van der Waals surface area (Å²) < 4.78 is 0. The van der Waals surface area contributed by atoms with Gasteiger partial charge in [-0.1, -0.05) is 20.8 Å². The minimum absolute atomic E-state index is 0.0469. The van der Waals surface area contributed by atoms with Crippen LogP contribution in [0.25, 0.3) is 0 Å². The molecule has 0 unspecified atom stereocenters. The number of nitrogens with one attached hydrogen (secondary N) is 1. The fourth-order valence-corrected chi connectivity index (χ4v) is 3.84. The molecule has 2 N–H and O–H groups in total. The van der Waals surface area contributed by atoms with Crippen LogP contribution in [0.1, 0.15) is 33.6 Å². The standard InChI is InChI=1S/C19H35N5O4/c1-4-21(5-2)13-17(25)23-7-9-24(10-8-23)19(28)20-15-11-16(12-15)22(6-3)14-18(26)27/h15-16H,4-14H2,1-3H3,(H,20,28)(H,26,27). The first-order valence-corrected chi connectivity index (χ1v) is 10.4. The molecule has 1 heterocycles. The molecule has 2 rings (SSSR count). The topological polar surface area (TPSA) is 96.4 Å². The quantitative estimate of drug-likeness (QED) is 0.574. The van der Waals surface area contributed by atoms with Crippen molar-refractivity contribution in [2.75, 3.05) is 58.9 Å². The van der Waals surface area contributed by atoms with E-state index in [1.807, 2.05) is 30.6 Å². The molecule has 0 radical (unpaired) electrons. The van der Waals surface area contributed by atoms with E-state index in [1.54, 1.807) is 4.90 Å². The number of urea groups is 1. The van der Waals surface area contributed by atoms with Crippen molar-refractivity contribution in [3.63, 3.8) is 0 Å². The van der Waals surface area contributed by atoms with Crippen LogP contribution in [0.15, 0.2) is 0 Å². The summed E-state index contributed by atoms with van der Waals surface area (Å²) in [5.41, 5.74) is 0. The summed E-state index contributed by atoms with van der Waals surface area (Å²) in [7, 11) is 0. The van der Waals surface area contributed by atoms with E-state index in [1.165, 1.54) is 0 Å². The Kier molecular flexibility index (Phi) is 8.50. The molecule has 1 aliphatic carbocycles. The van der Waals surface area contributed by atoms with E-state index >= 15 is 0 Å². The second-order valence-electron chi connectivity index (χ2n) is 7.56. The van der Waals surface area contributed by atoms with Gasteiger partial charge in [0.05, 0.1) is 13.1 Å². The average Bonchev–Trinajstić information content (AvgIpc) is 2.66. The number of carbonyl (C=O) groups excluding carboxylic acids is 2. The number of carboxylic acids is 1. The number of likely N-dealkylation sites (N-methyl/N-ethyl adjacent to an activating group) is 2. The van der Waals surface area contributed by atoms with Crippen LogP contribution in [0.5, 0.6) is 0 Å². The van der Waals surface area contributed by atoms with Crippen molar-refractivity contribution in [3.8, 4) is 0 Å². The highest BCUT2D eigenvalue weighted by atomic mass is 16.4. The van der Waals surface area contributed by atoms with Gasteiger partial charge < -0.3 is 20.2 Å². The van der Waals surface area contributed by atoms with Crippen LogP contribution in [0.2, 0.25) is 0 Å². The second-order valence-corrected chi connectivity index (χ2v) is 7.56. The molecule has 0 bridgehead atoms. The van der Waals surface area contributed by atoms with Gasteiger partial charge in [-0.25, -0.2) is 4.79 Å². The van der Waals surface area contributed by atoms with Crippen molar-refractivity contribution in [1.82, 2.24) is 24.9 Å². The number of rotatable bonds is 9. The molecule has 28 heavy (non-hydrogen) atoms. The van der Waals surface area contributed by atoms with Crippen molar-refractivity contribution < 1.29 is 19.5 Å². The van der Waals surface area contributed by atoms with Crippen molar-refractivity contribution in [1.29, 1.82) is 0 Å². The van der Waals surface area contributed by atoms with Gasteiger partial charge in [-0.05, 0) is 32.5 Å². The molecule has 160 valence electrons. The monoisotopic (exact) mass is 397 g/mol. The maximum absolute atomic E-state index is 12.5. The molecule has 3 amide bonds. The van der Waals surface area contributed by atoms with Crippen LogP contribution in [-0.2, 0) is 9.59 Å². The first kappa shape index (κ1) is 22.4. The molecule has 0 spiro atoms. The maximum atomic E-state index is 12.5. The number of carboxylic acid groups (broad SMARTS) is 1. The van der Waals surface area contributed by atoms with E-state index in [-0.39, 0.29) is 30.6 Å². The molecule has 9 heteroatoms. The smallest absolute Gasteiger partial charge is 0.317 e. The molecule has 0 aromatic rings. The molecular weight excluding hydrogens is 362 g/mol. The summed E-state index contributed by atoms with van der Waals surface area (Å²) in [5.74, 6) is -0.688. The lowest BCUT2D eigenvalue weighted by Gasteiger charge is -2.43. The largest absolute Gasteiger partial charge is 0.480 e. The molecule has 1 aliphatic heterocycles. The normalized spacial score (nSPS) is 22.3. The summed E-state index contributed by atoms with van der Waals surface area (Å²) in [5, 5.41) is 12.0. The van der Waals surface area contributed by atoms with Crippen LogP contribution in [0.4, 0.5) is 4.79 Å². The first-order chi connectivity index (χ1) is 13.4. The van der Waals surface area contributed by atoms with Gasteiger partial charge in [-0.15, -0.1) is 0 Å². The second kappa shape index (κ2) is 10.6. The number of amides is 3. The highest BCUT2D eigenvalue weighted by molar-refractivity contribution is 5.79. The third-order valence-corrected chi connectivity index (χ3v) is 5.87. The minimum Gasteiger partial charge on any atom is -0.480 e. The zero-order valence-corrected chi connectivity index (χ0v) is 17.4. The Bertz CT molecular complexity index is 540. The Morgan fingerprint density at radius 1 is 0.929 bits per heavy atom. The Balaban J connectivity index is 1.69. The lowest BCUT2D eigenvalue weighted by Crippen LogP contribution is -2.59. The predicted octanol–water partition coefficient (Wildman–Crippen LogP) is 0.120. The van der Waals surface area contributed by atoms with Gasteiger partial charge in [-0.2, -0.15) is 0 Å². The van der Waals surface area contributed by atoms with Crippen molar-refractivity contribution in [3.05, 3.63) is 0 Å². The van der Waals surface area contributed by atoms with Crippen LogP contribution >= 0.6 is 0 Å². The maximum Gasteiger partial charge on any atom is 0.317 e. The van der Waals surface area contributed by atoms with Crippen LogP contribution in [0.3, 0.4) is 0 Å². The Labute approximate surface area is 167 Å². The summed E-state index contributed by atoms with van der Waals surface area (Å²) in [6.07, 6.45) is 1.57. The fraction of sp³-hybridized carbons (Fsp3) is 0.842. The van der Waals surface area contributed by atoms with Gasteiger partial charge in [0.25, 0.3) is 0 Å². The molecule has 0 aromatic carbocycles. The Hall–Kier alpha value is -1.87. The van der Waals surface area contributed by atoms with Gasteiger partial charge >= 0.3 is 12.0 Å². The molecular formula is C19H35N5O4. The van der Waals surface area contributed by atoms with E-state index in [0.29, 0.717) is 39.3 Å². The van der Waals surface area contributed by atoms with E-state index in [2.05, 4.69) is 10.2 Å². The van der Waals surface area contributed by atoms with Crippen molar-refractivity contribution >= 4 is 17.9 Å². The number of nitrogens with zero attached hydrogens (tertiary/aromatic N) is 4. The molecule has 0 atom stereocenters. The highest BCUT2D eigenvalue weighted by Gasteiger charge is 2.36. The summed E-state index contributed by atoms with van der Waals surface area (Å²) in [6, 6.07) is 0.240. The lowest BCUT2D eigenvalue weighted by molar-refractivity contribution is -0.139. The lowest BCUT2D eigenvalue weighted by atomic mass is 9.85. The van der Waals surface area contributed by atoms with Crippen molar-refractivity contribution in [2.45, 2.75) is 45.7 Å². The van der Waals surface area contributed by atoms with Gasteiger partial charge in [-0.3, -0.25) is 19.4 Å². The number of hydrogen-bond acceptors (Lipinski definition) is 5. The third-order valence-electron chi connectivity index (χ3n) is 5.87. The third kappa shape index (κ3) is 6.07. The fourth-order valence-electron chi connectivity index (χ4n) is 3.84. The van der Waals surface area contributed by atoms with E-state index in [4.69, 9.17) is 5.11 Å². The van der Waals surface area contributed by atoms with E-state index in [0.717, 1.165) is 25.9 Å². The first-order valence-electron chi connectivity index (χ1n) is 10.4. The van der Waals surface area contributed by atoms with Gasteiger partial charge in [0.2, 0.25) is 5.91 Å². The van der Waals surface area contributed by atoms with Gasteiger partial charge in [0.1, 0.15) is 0 Å². The molecule has 1 saturated carbocycles. The number of carbonyl (C=O) groups is 3. The Morgan fingerprint density at radius 2 is 1.50 bits per heavy atom. The van der Waals surface area contributed by atoms with Crippen LogP contribution in [-0.4, -0.2) is 114 Å². The zero-order valence-electron chi connectivity index (χ0n) is 17.4. The highest BCUT2D eigenvalue weighted by Crippen LogP contribution is 2.25. The molecule has 0 aromatic heterocycles. The molecule has 2 aliphatic rings. The Morgan fingerprint density at radius 3 is 2.00 bits per heavy atom. The van der Waals surface area contributed by atoms with Crippen molar-refractivity contribution in [2.24, 2.45) is 0 Å². The number of aliphatic carboxylic acids is 1. The summed E-state index contributed by atoms with van der Waals surface area (Å²) in [6.45, 7) is 11.2. The minimum atomic E-state index is -0.817. The molecule has 1 saturated heterocycles. The summed E-state index contributed by atoms with van der Waals surface area (Å²) >= 11 is 0. The predicted molar refractivity (Wildman–Crippen MR) is 106 cm³/mol. The van der Waals surface area contributed by atoms with Gasteiger partial charge in [0, 0.05) is 38.3 Å². The number of hydrogen-bond donors (Lipinski definition) is 2. The van der Waals surface area contributed by atoms with E-state index in [9.17, 15) is 14.4 Å². The van der Waals surface area contributed by atoms with Crippen LogP contribution < -0.4 is 5.32 Å². The average molecular weight is 398 g/mol. The van der Waals surface area contributed by atoms with E-state index < -0.39 is 5.97 Å². The van der Waals surface area contributed by atoms with Gasteiger partial charge in [0.15, 0.2) is 0 Å². The molecule has 9 nitrogen and oxygen atoms in total. The SMILES string of the molecule is CCN(CC)CC(=O)N1CCN(C(=O)NC2CC(N(CC)CC(=O)O)C2)CC1. The number of piperazine rings is 1. The summed E-state index contributed by atoms with van der Waals surface area (Å²) in [4.78, 5) is 43.4.